The molecule has 0 saturated heterocycles. The number of H-pyrrole nitrogens is 1. The number of fused-ring (bicyclic) bond motifs is 1. The lowest BCUT2D eigenvalue weighted by atomic mass is 10.0. The van der Waals surface area contributed by atoms with Gasteiger partial charge in [-0.15, -0.1) is 0 Å². The number of anilines is 1. The number of amides is 2. The first-order chi connectivity index (χ1) is 13.8. The summed E-state index contributed by atoms with van der Waals surface area (Å²) in [6, 6.07) is 11.3. The summed E-state index contributed by atoms with van der Waals surface area (Å²) in [5.41, 5.74) is 5.05. The third-order valence-electron chi connectivity index (χ3n) is 4.35. The molecule has 29 heavy (non-hydrogen) atoms. The Balaban J connectivity index is 1.76. The van der Waals surface area contributed by atoms with Crippen molar-refractivity contribution in [1.29, 1.82) is 0 Å². The Kier molecular flexibility index (Phi) is 5.76. The molecule has 0 aliphatic carbocycles. The molecular formula is C20H19F3N4O2. The lowest BCUT2D eigenvalue weighted by Gasteiger charge is -2.20. The summed E-state index contributed by atoms with van der Waals surface area (Å²) in [5.74, 6) is -1.09. The van der Waals surface area contributed by atoms with E-state index in [2.05, 4.69) is 21.2 Å². The summed E-state index contributed by atoms with van der Waals surface area (Å²) in [6.07, 6.45) is -2.67. The topological polar surface area (TPSA) is 86.0 Å². The molecule has 2 aromatic carbocycles. The van der Waals surface area contributed by atoms with Crippen molar-refractivity contribution in [2.24, 2.45) is 0 Å². The molecule has 1 unspecified atom stereocenters. The van der Waals surface area contributed by atoms with Crippen LogP contribution in [-0.4, -0.2) is 22.8 Å². The number of benzene rings is 2. The normalized spacial score (nSPS) is 12.4. The van der Waals surface area contributed by atoms with E-state index in [4.69, 9.17) is 0 Å². The van der Waals surface area contributed by atoms with Gasteiger partial charge in [0, 0.05) is 30.4 Å². The molecule has 0 fully saturated rings. The van der Waals surface area contributed by atoms with Crippen molar-refractivity contribution in [2.75, 3.05) is 5.43 Å². The summed E-state index contributed by atoms with van der Waals surface area (Å²) in [4.78, 5) is 27.2. The van der Waals surface area contributed by atoms with Gasteiger partial charge in [0.1, 0.15) is 6.04 Å². The number of hydrogen-bond acceptors (Lipinski definition) is 3. The number of alkyl halides is 3. The average Bonchev–Trinajstić information content (AvgIpc) is 3.08. The van der Waals surface area contributed by atoms with Crippen molar-refractivity contribution >= 4 is 28.4 Å². The van der Waals surface area contributed by atoms with E-state index in [0.717, 1.165) is 22.5 Å². The van der Waals surface area contributed by atoms with Crippen LogP contribution in [-0.2, 0) is 22.2 Å². The number of hydrazine groups is 1. The number of rotatable bonds is 6. The zero-order chi connectivity index (χ0) is 21.0. The molecule has 0 radical (unpaired) electrons. The molecule has 0 spiro atoms. The fourth-order valence-corrected chi connectivity index (χ4v) is 3.03. The molecule has 1 heterocycles. The smallest absolute Gasteiger partial charge is 0.361 e. The maximum absolute atomic E-state index is 13.1. The average molecular weight is 404 g/mol. The van der Waals surface area contributed by atoms with Crippen LogP contribution in [0.4, 0.5) is 18.9 Å². The molecule has 0 aliphatic rings. The van der Waals surface area contributed by atoms with Crippen LogP contribution in [0.2, 0.25) is 0 Å². The largest absolute Gasteiger partial charge is 0.418 e. The Morgan fingerprint density at radius 1 is 1.07 bits per heavy atom. The second-order valence-corrected chi connectivity index (χ2v) is 6.47. The summed E-state index contributed by atoms with van der Waals surface area (Å²) in [5, 5.41) is 3.43. The van der Waals surface area contributed by atoms with E-state index in [9.17, 15) is 22.8 Å². The van der Waals surface area contributed by atoms with Gasteiger partial charge in [0.25, 0.3) is 5.91 Å². The van der Waals surface area contributed by atoms with E-state index in [1.165, 1.54) is 25.1 Å². The monoisotopic (exact) mass is 404 g/mol. The van der Waals surface area contributed by atoms with Gasteiger partial charge in [-0.3, -0.25) is 20.4 Å². The maximum Gasteiger partial charge on any atom is 0.418 e. The van der Waals surface area contributed by atoms with E-state index in [-0.39, 0.29) is 12.1 Å². The molecule has 4 N–H and O–H groups in total. The van der Waals surface area contributed by atoms with Gasteiger partial charge in [-0.2, -0.15) is 13.2 Å². The number of para-hydroxylation sites is 2. The molecule has 1 aromatic heterocycles. The van der Waals surface area contributed by atoms with Gasteiger partial charge in [-0.1, -0.05) is 30.3 Å². The number of aromatic nitrogens is 1. The van der Waals surface area contributed by atoms with Gasteiger partial charge in [0.2, 0.25) is 5.91 Å². The van der Waals surface area contributed by atoms with Gasteiger partial charge in [0.05, 0.1) is 11.3 Å². The van der Waals surface area contributed by atoms with Gasteiger partial charge in [0.15, 0.2) is 0 Å². The maximum atomic E-state index is 13.1. The second kappa shape index (κ2) is 8.26. The number of carbonyl (C=O) groups is 2. The fraction of sp³-hybridized carbons (Fsp3) is 0.200. The fourth-order valence-electron chi connectivity index (χ4n) is 3.03. The molecule has 3 rings (SSSR count). The Labute approximate surface area is 164 Å². The molecule has 152 valence electrons. The zero-order valence-corrected chi connectivity index (χ0v) is 15.4. The van der Waals surface area contributed by atoms with Gasteiger partial charge in [-0.25, -0.2) is 0 Å². The molecule has 3 aromatic rings. The SMILES string of the molecule is CC(=O)NC(Cc1c[nH]c2ccccc12)C(=O)NNc1ccccc1C(F)(F)F. The molecule has 0 saturated carbocycles. The van der Waals surface area contributed by atoms with Crippen LogP contribution in [0.3, 0.4) is 0 Å². The first kappa shape index (κ1) is 20.2. The van der Waals surface area contributed by atoms with Gasteiger partial charge < -0.3 is 10.3 Å². The van der Waals surface area contributed by atoms with Gasteiger partial charge >= 0.3 is 6.18 Å². The highest BCUT2D eigenvalue weighted by Crippen LogP contribution is 2.34. The van der Waals surface area contributed by atoms with Crippen LogP contribution in [0.15, 0.2) is 54.7 Å². The lowest BCUT2D eigenvalue weighted by Crippen LogP contribution is -2.49. The van der Waals surface area contributed by atoms with Crippen LogP contribution in [0.1, 0.15) is 18.1 Å². The van der Waals surface area contributed by atoms with E-state index in [1.54, 1.807) is 6.20 Å². The Morgan fingerprint density at radius 3 is 2.48 bits per heavy atom. The van der Waals surface area contributed by atoms with E-state index in [1.807, 2.05) is 24.3 Å². The highest BCUT2D eigenvalue weighted by Gasteiger charge is 2.33. The number of hydrogen-bond donors (Lipinski definition) is 4. The molecular weight excluding hydrogens is 385 g/mol. The molecule has 0 aliphatic heterocycles. The predicted octanol–water partition coefficient (Wildman–Crippen LogP) is 3.38. The van der Waals surface area contributed by atoms with Crippen LogP contribution < -0.4 is 16.2 Å². The minimum Gasteiger partial charge on any atom is -0.361 e. The Morgan fingerprint density at radius 2 is 1.76 bits per heavy atom. The van der Waals surface area contributed by atoms with Crippen LogP contribution >= 0.6 is 0 Å². The van der Waals surface area contributed by atoms with E-state index in [0.29, 0.717) is 0 Å². The minimum atomic E-state index is -4.57. The third-order valence-corrected chi connectivity index (χ3v) is 4.35. The van der Waals surface area contributed by atoms with Crippen LogP contribution in [0, 0.1) is 0 Å². The highest BCUT2D eigenvalue weighted by molar-refractivity contribution is 5.89. The van der Waals surface area contributed by atoms with Crippen molar-refractivity contribution in [2.45, 2.75) is 25.6 Å². The van der Waals surface area contributed by atoms with Gasteiger partial charge in [-0.05, 0) is 23.8 Å². The molecule has 2 amide bonds. The van der Waals surface area contributed by atoms with E-state index < -0.39 is 29.6 Å². The molecule has 1 atom stereocenters. The minimum absolute atomic E-state index is 0.165. The number of aromatic amines is 1. The number of carbonyl (C=O) groups excluding carboxylic acids is 2. The van der Waals surface area contributed by atoms with Crippen LogP contribution in [0.5, 0.6) is 0 Å². The lowest BCUT2D eigenvalue weighted by molar-refractivity contribution is -0.137. The number of nitrogens with one attached hydrogen (secondary N) is 4. The summed E-state index contributed by atoms with van der Waals surface area (Å²) >= 11 is 0. The standard InChI is InChI=1S/C20H19F3N4O2/c1-12(28)25-18(10-13-11-24-16-8-4-2-6-14(13)16)19(29)27-26-17-9-5-3-7-15(17)20(21,22)23/h2-9,11,18,24,26H,10H2,1H3,(H,25,28)(H,27,29). The zero-order valence-electron chi connectivity index (χ0n) is 15.4. The second-order valence-electron chi connectivity index (χ2n) is 6.47. The van der Waals surface area contributed by atoms with Crippen LogP contribution in [0.25, 0.3) is 10.9 Å². The molecule has 0 bridgehead atoms. The van der Waals surface area contributed by atoms with Crippen molar-refractivity contribution in [3.05, 3.63) is 65.9 Å². The Hall–Kier alpha value is -3.49. The van der Waals surface area contributed by atoms with Crippen molar-refractivity contribution in [1.82, 2.24) is 15.7 Å². The third kappa shape index (κ3) is 4.87. The molecule has 9 heteroatoms. The summed E-state index contributed by atoms with van der Waals surface area (Å²) < 4.78 is 39.3. The Bertz CT molecular complexity index is 1030. The highest BCUT2D eigenvalue weighted by atomic mass is 19.4. The predicted molar refractivity (Wildman–Crippen MR) is 103 cm³/mol. The quantitative estimate of drug-likeness (QED) is 0.475. The van der Waals surface area contributed by atoms with E-state index >= 15 is 0 Å². The molecule has 6 nitrogen and oxygen atoms in total. The summed E-state index contributed by atoms with van der Waals surface area (Å²) in [6.45, 7) is 1.27. The van der Waals surface area contributed by atoms with Crippen molar-refractivity contribution in [3.63, 3.8) is 0 Å². The number of halogens is 3. The van der Waals surface area contributed by atoms with Crippen molar-refractivity contribution < 1.29 is 22.8 Å². The first-order valence-corrected chi connectivity index (χ1v) is 8.80. The van der Waals surface area contributed by atoms with Crippen molar-refractivity contribution in [3.8, 4) is 0 Å². The summed E-state index contributed by atoms with van der Waals surface area (Å²) in [7, 11) is 0. The first-order valence-electron chi connectivity index (χ1n) is 8.80.